The molecule has 0 radical (unpaired) electrons. The molecule has 32 heavy (non-hydrogen) atoms. The van der Waals surface area contributed by atoms with Crippen molar-refractivity contribution in [3.05, 3.63) is 70.5 Å². The zero-order chi connectivity index (χ0) is 22.5. The molecule has 1 amide bonds. The van der Waals surface area contributed by atoms with Gasteiger partial charge >= 0.3 is 0 Å². The van der Waals surface area contributed by atoms with E-state index in [4.69, 9.17) is 13.6 Å². The van der Waals surface area contributed by atoms with E-state index in [2.05, 4.69) is 15.5 Å². The van der Waals surface area contributed by atoms with Crippen LogP contribution in [0.15, 0.2) is 73.8 Å². The van der Waals surface area contributed by atoms with Crippen molar-refractivity contribution in [2.24, 2.45) is 5.10 Å². The van der Waals surface area contributed by atoms with Crippen LogP contribution in [-0.4, -0.2) is 34.9 Å². The Morgan fingerprint density at radius 2 is 2.09 bits per heavy atom. The van der Waals surface area contributed by atoms with Crippen molar-refractivity contribution in [2.45, 2.75) is 5.22 Å². The maximum atomic E-state index is 12.0. The number of furan rings is 1. The minimum Gasteiger partial charge on any atom is -0.497 e. The highest BCUT2D eigenvalue weighted by atomic mass is 32.2. The fraction of sp³-hybridized carbons (Fsp3) is 0.0952. The Hall–Kier alpha value is -4.12. The molecule has 4 aromatic rings. The number of carbonyl (C=O) groups is 1. The number of para-hydroxylation sites is 2. The Kier molecular flexibility index (Phi) is 6.17. The average Bonchev–Trinajstić information content (AvgIpc) is 3.44. The maximum Gasteiger partial charge on any atom is 0.284 e. The number of benzene rings is 2. The number of thioether (sulfide) groups is 1. The molecule has 0 saturated carbocycles. The van der Waals surface area contributed by atoms with Crippen molar-refractivity contribution in [1.82, 2.24) is 10.4 Å². The molecule has 162 valence electrons. The van der Waals surface area contributed by atoms with Gasteiger partial charge in [-0.15, -0.1) is 0 Å². The summed E-state index contributed by atoms with van der Waals surface area (Å²) in [4.78, 5) is 27.1. The second kappa shape index (κ2) is 9.35. The number of methoxy groups -OCH3 is 1. The lowest BCUT2D eigenvalue weighted by molar-refractivity contribution is -0.384. The lowest BCUT2D eigenvalue weighted by Crippen LogP contribution is -2.19. The summed E-state index contributed by atoms with van der Waals surface area (Å²) in [5.41, 5.74) is 3.91. The van der Waals surface area contributed by atoms with Crippen LogP contribution in [0, 0.1) is 10.1 Å². The first-order chi connectivity index (χ1) is 15.5. The number of nitro groups is 1. The number of hydrazone groups is 1. The quantitative estimate of drug-likeness (QED) is 0.182. The molecule has 0 saturated heterocycles. The molecule has 0 aliphatic rings. The van der Waals surface area contributed by atoms with Gasteiger partial charge in [-0.25, -0.2) is 10.4 Å². The van der Waals surface area contributed by atoms with Crippen LogP contribution < -0.4 is 10.2 Å². The molecule has 2 aromatic heterocycles. The number of amides is 1. The summed E-state index contributed by atoms with van der Waals surface area (Å²) in [6, 6.07) is 15.0. The van der Waals surface area contributed by atoms with Crippen LogP contribution in [0.5, 0.6) is 5.75 Å². The zero-order valence-electron chi connectivity index (χ0n) is 16.7. The van der Waals surface area contributed by atoms with E-state index < -0.39 is 4.92 Å². The topological polar surface area (TPSA) is 133 Å². The minimum absolute atomic E-state index is 0.0611. The van der Waals surface area contributed by atoms with E-state index in [9.17, 15) is 14.9 Å². The first-order valence-electron chi connectivity index (χ1n) is 9.26. The summed E-state index contributed by atoms with van der Waals surface area (Å²) in [5.74, 6) is 0.681. The average molecular weight is 452 g/mol. The third-order valence-electron chi connectivity index (χ3n) is 4.28. The van der Waals surface area contributed by atoms with Gasteiger partial charge in [-0.2, -0.15) is 5.10 Å². The van der Waals surface area contributed by atoms with E-state index >= 15 is 0 Å². The van der Waals surface area contributed by atoms with Crippen molar-refractivity contribution in [3.63, 3.8) is 0 Å². The van der Waals surface area contributed by atoms with E-state index in [0.29, 0.717) is 33.6 Å². The number of ether oxygens (including phenoxy) is 1. The van der Waals surface area contributed by atoms with Crippen molar-refractivity contribution < 1.29 is 23.3 Å². The van der Waals surface area contributed by atoms with Crippen molar-refractivity contribution >= 4 is 40.7 Å². The lowest BCUT2D eigenvalue weighted by Gasteiger charge is -2.03. The molecule has 2 aromatic carbocycles. The molecule has 0 bridgehead atoms. The molecule has 1 N–H and O–H groups in total. The number of nitro benzene ring substituents is 1. The van der Waals surface area contributed by atoms with E-state index in [1.807, 2.05) is 18.2 Å². The molecule has 2 heterocycles. The van der Waals surface area contributed by atoms with Gasteiger partial charge in [-0.3, -0.25) is 14.9 Å². The van der Waals surface area contributed by atoms with Gasteiger partial charge < -0.3 is 13.6 Å². The summed E-state index contributed by atoms with van der Waals surface area (Å²) >= 11 is 1.15. The molecule has 4 rings (SSSR count). The number of hydrogen-bond donors (Lipinski definition) is 1. The smallest absolute Gasteiger partial charge is 0.284 e. The Balaban J connectivity index is 1.35. The highest BCUT2D eigenvalue weighted by Gasteiger charge is 2.19. The first kappa shape index (κ1) is 21.1. The van der Waals surface area contributed by atoms with Gasteiger partial charge in [-0.1, -0.05) is 23.9 Å². The van der Waals surface area contributed by atoms with Gasteiger partial charge in [0.2, 0.25) is 0 Å². The fourth-order valence-electron chi connectivity index (χ4n) is 2.81. The van der Waals surface area contributed by atoms with Crippen LogP contribution in [0.3, 0.4) is 0 Å². The second-order valence-corrected chi connectivity index (χ2v) is 7.30. The minimum atomic E-state index is -0.511. The Morgan fingerprint density at radius 3 is 2.88 bits per heavy atom. The predicted octanol–water partition coefficient (Wildman–Crippen LogP) is 4.25. The van der Waals surface area contributed by atoms with Crippen LogP contribution in [0.25, 0.3) is 22.4 Å². The Morgan fingerprint density at radius 1 is 1.25 bits per heavy atom. The number of aromatic nitrogens is 1. The molecule has 0 atom stereocenters. The van der Waals surface area contributed by atoms with Gasteiger partial charge in [0.15, 0.2) is 5.58 Å². The normalized spacial score (nSPS) is 11.2. The van der Waals surface area contributed by atoms with Crippen LogP contribution in [-0.2, 0) is 4.79 Å². The van der Waals surface area contributed by atoms with Crippen molar-refractivity contribution in [3.8, 4) is 17.1 Å². The number of fused-ring (bicyclic) bond motifs is 1. The number of carbonyl (C=O) groups excluding carboxylic acids is 1. The number of nitrogens with zero attached hydrogens (tertiary/aromatic N) is 3. The number of nitrogens with one attached hydrogen (secondary N) is 1. The summed E-state index contributed by atoms with van der Waals surface area (Å²) in [7, 11) is 1.43. The summed E-state index contributed by atoms with van der Waals surface area (Å²) in [5, 5.41) is 15.6. The van der Waals surface area contributed by atoms with Gasteiger partial charge in [-0.05, 0) is 36.4 Å². The molecular weight excluding hydrogens is 436 g/mol. The van der Waals surface area contributed by atoms with E-state index in [-0.39, 0.29) is 17.3 Å². The Bertz CT molecular complexity index is 1280. The van der Waals surface area contributed by atoms with E-state index in [1.54, 1.807) is 30.3 Å². The van der Waals surface area contributed by atoms with E-state index in [1.165, 1.54) is 19.4 Å². The predicted molar refractivity (Wildman–Crippen MR) is 118 cm³/mol. The molecule has 0 aliphatic heterocycles. The third-order valence-corrected chi connectivity index (χ3v) is 5.10. The Labute approximate surface area is 185 Å². The molecule has 0 spiro atoms. The SMILES string of the molecule is COc1ccc(-c2ccc(/C=N\NC(=O)CSc3nc4ccccc4o3)o2)c([N+](=O)[O-])c1. The largest absolute Gasteiger partial charge is 0.497 e. The van der Waals surface area contributed by atoms with Crippen LogP contribution >= 0.6 is 11.8 Å². The van der Waals surface area contributed by atoms with Crippen LogP contribution in [0.4, 0.5) is 5.69 Å². The first-order valence-corrected chi connectivity index (χ1v) is 10.2. The summed E-state index contributed by atoms with van der Waals surface area (Å²) in [6.45, 7) is 0. The lowest BCUT2D eigenvalue weighted by atomic mass is 10.1. The van der Waals surface area contributed by atoms with Gasteiger partial charge in [0.1, 0.15) is 22.8 Å². The molecule has 10 nitrogen and oxygen atoms in total. The molecule has 11 heteroatoms. The molecule has 0 aliphatic carbocycles. The van der Waals surface area contributed by atoms with Crippen molar-refractivity contribution in [1.29, 1.82) is 0 Å². The maximum absolute atomic E-state index is 12.0. The molecule has 0 fully saturated rings. The standard InChI is InChI=1S/C21H16N4O6S/c1-29-13-6-8-15(17(10-13)25(27)28)18-9-7-14(30-18)11-22-24-20(26)12-32-21-23-16-4-2-3-5-19(16)31-21/h2-11H,12H2,1H3,(H,24,26)/b22-11-. The fourth-order valence-corrected chi connectivity index (χ4v) is 3.44. The zero-order valence-corrected chi connectivity index (χ0v) is 17.5. The monoisotopic (exact) mass is 452 g/mol. The van der Waals surface area contributed by atoms with Gasteiger partial charge in [0.25, 0.3) is 16.8 Å². The number of rotatable bonds is 8. The molecule has 0 unspecified atom stereocenters. The number of oxazole rings is 1. The molecular formula is C21H16N4O6S. The summed E-state index contributed by atoms with van der Waals surface area (Å²) < 4.78 is 16.2. The van der Waals surface area contributed by atoms with Crippen LogP contribution in [0.2, 0.25) is 0 Å². The summed E-state index contributed by atoms with van der Waals surface area (Å²) in [6.07, 6.45) is 1.31. The van der Waals surface area contributed by atoms with Crippen molar-refractivity contribution in [2.75, 3.05) is 12.9 Å². The third kappa shape index (κ3) is 4.78. The van der Waals surface area contributed by atoms with Gasteiger partial charge in [0.05, 0.1) is 35.6 Å². The van der Waals surface area contributed by atoms with Gasteiger partial charge in [0, 0.05) is 0 Å². The second-order valence-electron chi connectivity index (χ2n) is 6.37. The van der Waals surface area contributed by atoms with E-state index in [0.717, 1.165) is 17.3 Å². The highest BCUT2D eigenvalue weighted by Crippen LogP contribution is 2.33. The number of hydrogen-bond acceptors (Lipinski definition) is 9. The highest BCUT2D eigenvalue weighted by molar-refractivity contribution is 7.99. The van der Waals surface area contributed by atoms with Crippen LogP contribution in [0.1, 0.15) is 5.76 Å².